The molecule has 1 aromatic heterocycles. The molecule has 0 spiro atoms. The zero-order valence-corrected chi connectivity index (χ0v) is 10.5. The number of aromatic nitrogens is 2. The highest BCUT2D eigenvalue weighted by atomic mass is 16.6. The predicted octanol–water partition coefficient (Wildman–Crippen LogP) is 1.87. The van der Waals surface area contributed by atoms with Gasteiger partial charge >= 0.3 is 5.69 Å². The van der Waals surface area contributed by atoms with E-state index in [1.54, 1.807) is 18.7 Å². The zero-order valence-electron chi connectivity index (χ0n) is 10.5. The van der Waals surface area contributed by atoms with Gasteiger partial charge in [-0.05, 0) is 25.7 Å². The zero-order chi connectivity index (χ0) is 12.6. The van der Waals surface area contributed by atoms with Crippen LogP contribution in [0.1, 0.15) is 25.5 Å². The molecule has 6 heteroatoms. The van der Waals surface area contributed by atoms with Crippen molar-refractivity contribution in [2.75, 3.05) is 18.0 Å². The quantitative estimate of drug-likeness (QED) is 0.583. The van der Waals surface area contributed by atoms with Crippen LogP contribution >= 0.6 is 0 Å². The van der Waals surface area contributed by atoms with Crippen LogP contribution in [0.2, 0.25) is 0 Å². The van der Waals surface area contributed by atoms with E-state index in [9.17, 15) is 10.1 Å². The van der Waals surface area contributed by atoms with Crippen molar-refractivity contribution in [1.82, 2.24) is 9.78 Å². The first-order valence-corrected chi connectivity index (χ1v) is 5.93. The van der Waals surface area contributed by atoms with Crippen LogP contribution in [0.4, 0.5) is 11.5 Å². The Bertz CT molecular complexity index is 441. The highest BCUT2D eigenvalue weighted by Crippen LogP contribution is 2.33. The number of hydrogen-bond donors (Lipinski definition) is 0. The minimum atomic E-state index is -0.322. The van der Waals surface area contributed by atoms with Crippen molar-refractivity contribution < 1.29 is 4.92 Å². The monoisotopic (exact) mass is 238 g/mol. The van der Waals surface area contributed by atoms with E-state index in [1.165, 1.54) is 6.42 Å². The molecule has 0 saturated carbocycles. The molecule has 17 heavy (non-hydrogen) atoms. The lowest BCUT2D eigenvalue weighted by Gasteiger charge is -2.31. The first-order valence-electron chi connectivity index (χ1n) is 5.93. The number of piperidine rings is 1. The molecule has 94 valence electrons. The molecule has 0 bridgehead atoms. The van der Waals surface area contributed by atoms with Gasteiger partial charge < -0.3 is 4.90 Å². The highest BCUT2D eigenvalue weighted by Gasteiger charge is 2.30. The Morgan fingerprint density at radius 2 is 2.24 bits per heavy atom. The van der Waals surface area contributed by atoms with Gasteiger partial charge in [0.1, 0.15) is 5.69 Å². The summed E-state index contributed by atoms with van der Waals surface area (Å²) in [4.78, 5) is 12.9. The number of nitrogens with zero attached hydrogens (tertiary/aromatic N) is 4. The van der Waals surface area contributed by atoms with Crippen LogP contribution in [0.15, 0.2) is 0 Å². The first kappa shape index (κ1) is 11.9. The van der Waals surface area contributed by atoms with Gasteiger partial charge in [-0.1, -0.05) is 6.92 Å². The van der Waals surface area contributed by atoms with Crippen LogP contribution in [0.5, 0.6) is 0 Å². The van der Waals surface area contributed by atoms with Crippen molar-refractivity contribution in [2.24, 2.45) is 13.0 Å². The van der Waals surface area contributed by atoms with Crippen molar-refractivity contribution in [2.45, 2.75) is 26.7 Å². The normalized spacial score (nSPS) is 20.6. The summed E-state index contributed by atoms with van der Waals surface area (Å²) in [6.07, 6.45) is 2.28. The molecular formula is C11H18N4O2. The standard InChI is InChI=1S/C11H18N4O2/c1-8-5-4-6-14(7-8)11-10(15(16)17)9(2)12-13(11)3/h8H,4-7H2,1-3H3. The van der Waals surface area contributed by atoms with Gasteiger partial charge in [0.05, 0.1) is 4.92 Å². The van der Waals surface area contributed by atoms with Gasteiger partial charge in [-0.15, -0.1) is 0 Å². The maximum Gasteiger partial charge on any atom is 0.333 e. The molecule has 0 aliphatic carbocycles. The largest absolute Gasteiger partial charge is 0.351 e. The lowest BCUT2D eigenvalue weighted by Crippen LogP contribution is -2.35. The fourth-order valence-electron chi connectivity index (χ4n) is 2.58. The van der Waals surface area contributed by atoms with E-state index in [-0.39, 0.29) is 10.6 Å². The van der Waals surface area contributed by atoms with Crippen molar-refractivity contribution in [3.8, 4) is 0 Å². The second kappa shape index (κ2) is 4.35. The van der Waals surface area contributed by atoms with E-state index < -0.39 is 0 Å². The Morgan fingerprint density at radius 3 is 2.82 bits per heavy atom. The third-order valence-corrected chi connectivity index (χ3v) is 3.30. The molecule has 6 nitrogen and oxygen atoms in total. The van der Waals surface area contributed by atoms with Crippen LogP contribution in [0, 0.1) is 23.0 Å². The average molecular weight is 238 g/mol. The van der Waals surface area contributed by atoms with E-state index in [4.69, 9.17) is 0 Å². The summed E-state index contributed by atoms with van der Waals surface area (Å²) in [5.74, 6) is 1.23. The molecule has 2 rings (SSSR count). The van der Waals surface area contributed by atoms with Crippen molar-refractivity contribution in [3.63, 3.8) is 0 Å². The molecule has 0 aromatic carbocycles. The Balaban J connectivity index is 2.40. The van der Waals surface area contributed by atoms with Gasteiger partial charge in [-0.3, -0.25) is 10.1 Å². The topological polar surface area (TPSA) is 64.2 Å². The molecule has 1 aliphatic heterocycles. The molecule has 1 aliphatic rings. The molecule has 0 radical (unpaired) electrons. The van der Waals surface area contributed by atoms with Gasteiger partial charge in [0.25, 0.3) is 0 Å². The van der Waals surface area contributed by atoms with E-state index in [0.717, 1.165) is 19.5 Å². The number of rotatable bonds is 2. The van der Waals surface area contributed by atoms with E-state index in [2.05, 4.69) is 16.9 Å². The van der Waals surface area contributed by atoms with Gasteiger partial charge in [0, 0.05) is 20.1 Å². The molecule has 2 heterocycles. The maximum absolute atomic E-state index is 11.1. The number of anilines is 1. The minimum Gasteiger partial charge on any atom is -0.351 e. The third-order valence-electron chi connectivity index (χ3n) is 3.30. The van der Waals surface area contributed by atoms with Gasteiger partial charge in [-0.25, -0.2) is 4.68 Å². The number of nitro groups is 1. The van der Waals surface area contributed by atoms with Crippen molar-refractivity contribution >= 4 is 11.5 Å². The second-order valence-corrected chi connectivity index (χ2v) is 4.83. The molecule has 1 unspecified atom stereocenters. The molecule has 1 aromatic rings. The Kier molecular flexibility index (Phi) is 3.04. The molecule has 1 saturated heterocycles. The van der Waals surface area contributed by atoms with E-state index in [0.29, 0.717) is 17.4 Å². The number of aryl methyl sites for hydroxylation is 2. The summed E-state index contributed by atoms with van der Waals surface area (Å²) >= 11 is 0. The fourth-order valence-corrected chi connectivity index (χ4v) is 2.58. The van der Waals surface area contributed by atoms with Crippen LogP contribution in [-0.4, -0.2) is 27.8 Å². The first-order chi connectivity index (χ1) is 8.00. The lowest BCUT2D eigenvalue weighted by molar-refractivity contribution is -0.384. The maximum atomic E-state index is 11.1. The Hall–Kier alpha value is -1.59. The van der Waals surface area contributed by atoms with Gasteiger partial charge in [-0.2, -0.15) is 5.10 Å². The SMILES string of the molecule is Cc1nn(C)c(N2CCCC(C)C2)c1[N+](=O)[O-]. The molecule has 1 fully saturated rings. The summed E-state index contributed by atoms with van der Waals surface area (Å²) in [5.41, 5.74) is 0.646. The molecule has 0 N–H and O–H groups in total. The minimum absolute atomic E-state index is 0.154. The van der Waals surface area contributed by atoms with Crippen LogP contribution in [-0.2, 0) is 7.05 Å². The summed E-state index contributed by atoms with van der Waals surface area (Å²) in [6, 6.07) is 0. The third kappa shape index (κ3) is 2.11. The average Bonchev–Trinajstić information content (AvgIpc) is 2.53. The summed E-state index contributed by atoms with van der Waals surface area (Å²) < 4.78 is 1.63. The predicted molar refractivity (Wildman–Crippen MR) is 65.2 cm³/mol. The molecular weight excluding hydrogens is 220 g/mol. The smallest absolute Gasteiger partial charge is 0.333 e. The molecule has 0 amide bonds. The van der Waals surface area contributed by atoms with Crippen LogP contribution in [0.25, 0.3) is 0 Å². The Morgan fingerprint density at radius 1 is 1.53 bits per heavy atom. The van der Waals surface area contributed by atoms with Crippen molar-refractivity contribution in [1.29, 1.82) is 0 Å². The van der Waals surface area contributed by atoms with Gasteiger partial charge in [0.15, 0.2) is 0 Å². The van der Waals surface area contributed by atoms with Crippen molar-refractivity contribution in [3.05, 3.63) is 15.8 Å². The van der Waals surface area contributed by atoms with E-state index >= 15 is 0 Å². The lowest BCUT2D eigenvalue weighted by atomic mass is 10.0. The summed E-state index contributed by atoms with van der Waals surface area (Å²) in [6.45, 7) is 5.63. The van der Waals surface area contributed by atoms with Crippen LogP contribution in [0.3, 0.4) is 0 Å². The summed E-state index contributed by atoms with van der Waals surface area (Å²) in [5, 5.41) is 15.3. The van der Waals surface area contributed by atoms with Gasteiger partial charge in [0.2, 0.25) is 5.82 Å². The second-order valence-electron chi connectivity index (χ2n) is 4.83. The van der Waals surface area contributed by atoms with Crippen LogP contribution < -0.4 is 4.90 Å². The fraction of sp³-hybridized carbons (Fsp3) is 0.727. The molecule has 1 atom stereocenters. The highest BCUT2D eigenvalue weighted by molar-refractivity contribution is 5.61. The summed E-state index contributed by atoms with van der Waals surface area (Å²) in [7, 11) is 1.77. The number of hydrogen-bond acceptors (Lipinski definition) is 4. The van der Waals surface area contributed by atoms with E-state index in [1.807, 2.05) is 0 Å². The Labute approximate surface area is 100 Å².